The van der Waals surface area contributed by atoms with Gasteiger partial charge in [-0.3, -0.25) is 9.59 Å². The van der Waals surface area contributed by atoms with Crippen LogP contribution >= 0.6 is 11.6 Å². The summed E-state index contributed by atoms with van der Waals surface area (Å²) in [5.41, 5.74) is -1.79. The third-order valence-electron chi connectivity index (χ3n) is 2.71. The molecule has 0 radical (unpaired) electrons. The zero-order valence-corrected chi connectivity index (χ0v) is 7.10. The van der Waals surface area contributed by atoms with Crippen molar-refractivity contribution in [3.8, 4) is 0 Å². The molecule has 0 aromatic heterocycles. The molecule has 0 heterocycles. The van der Waals surface area contributed by atoms with Gasteiger partial charge >= 0.3 is 5.97 Å². The fourth-order valence-corrected chi connectivity index (χ4v) is 1.54. The number of aliphatic carboxylic acids is 1. The number of carboxylic acids is 1. The third-order valence-corrected chi connectivity index (χ3v) is 3.12. The molecule has 62 valence electrons. The Morgan fingerprint density at radius 2 is 1.82 bits per heavy atom. The van der Waals surface area contributed by atoms with Crippen LogP contribution in [0.2, 0.25) is 0 Å². The first-order valence-electron chi connectivity index (χ1n) is 3.28. The standard InChI is InChI=1S/C7H9ClO3/c1-6(4(8)9)3-7(6,2)5(10)11/h3H2,1-2H3,(H,10,11)/t6-,7-/m0/s1. The Hall–Kier alpha value is -0.570. The van der Waals surface area contributed by atoms with Gasteiger partial charge in [0.25, 0.3) is 0 Å². The van der Waals surface area contributed by atoms with Gasteiger partial charge in [0.1, 0.15) is 0 Å². The van der Waals surface area contributed by atoms with Crippen LogP contribution in [0.1, 0.15) is 20.3 Å². The lowest BCUT2D eigenvalue weighted by molar-refractivity contribution is -0.145. The molecule has 1 aliphatic rings. The van der Waals surface area contributed by atoms with Crippen LogP contribution in [0.4, 0.5) is 0 Å². The maximum absolute atomic E-state index is 10.7. The van der Waals surface area contributed by atoms with E-state index in [-0.39, 0.29) is 0 Å². The first-order chi connectivity index (χ1) is 4.84. The van der Waals surface area contributed by atoms with Crippen molar-refractivity contribution in [2.24, 2.45) is 10.8 Å². The Morgan fingerprint density at radius 1 is 1.36 bits per heavy atom. The summed E-state index contributed by atoms with van der Waals surface area (Å²) in [4.78, 5) is 21.3. The number of rotatable bonds is 2. The molecule has 0 unspecified atom stereocenters. The second-order valence-electron chi connectivity index (χ2n) is 3.42. The van der Waals surface area contributed by atoms with Gasteiger partial charge in [0.2, 0.25) is 5.24 Å². The van der Waals surface area contributed by atoms with Gasteiger partial charge in [-0.1, -0.05) is 6.92 Å². The predicted molar refractivity (Wildman–Crippen MR) is 39.3 cm³/mol. The molecular formula is C7H9ClO3. The molecule has 11 heavy (non-hydrogen) atoms. The van der Waals surface area contributed by atoms with Crippen molar-refractivity contribution >= 4 is 22.8 Å². The number of carbonyl (C=O) groups excluding carboxylic acids is 1. The number of hydrogen-bond donors (Lipinski definition) is 1. The van der Waals surface area contributed by atoms with E-state index in [1.54, 1.807) is 6.92 Å². The van der Waals surface area contributed by atoms with Crippen LogP contribution < -0.4 is 0 Å². The van der Waals surface area contributed by atoms with Gasteiger partial charge in [-0.2, -0.15) is 0 Å². The summed E-state index contributed by atoms with van der Waals surface area (Å²) < 4.78 is 0. The lowest BCUT2D eigenvalue weighted by atomic mass is 9.98. The highest BCUT2D eigenvalue weighted by molar-refractivity contribution is 6.65. The number of hydrogen-bond acceptors (Lipinski definition) is 2. The van der Waals surface area contributed by atoms with E-state index in [4.69, 9.17) is 16.7 Å². The Labute approximate surface area is 69.3 Å². The van der Waals surface area contributed by atoms with Crippen LogP contribution in [-0.2, 0) is 9.59 Å². The van der Waals surface area contributed by atoms with Gasteiger partial charge in [-0.15, -0.1) is 0 Å². The normalized spacial score (nSPS) is 41.7. The molecule has 4 heteroatoms. The zero-order valence-electron chi connectivity index (χ0n) is 6.35. The maximum Gasteiger partial charge on any atom is 0.310 e. The maximum atomic E-state index is 10.7. The highest BCUT2D eigenvalue weighted by atomic mass is 35.5. The molecule has 1 rings (SSSR count). The monoisotopic (exact) mass is 176 g/mol. The largest absolute Gasteiger partial charge is 0.481 e. The minimum Gasteiger partial charge on any atom is -0.481 e. The van der Waals surface area contributed by atoms with Crippen LogP contribution in [0.25, 0.3) is 0 Å². The minimum atomic E-state index is -0.950. The molecule has 0 aromatic rings. The molecule has 0 aliphatic heterocycles. The molecular weight excluding hydrogens is 168 g/mol. The van der Waals surface area contributed by atoms with Crippen LogP contribution in [-0.4, -0.2) is 16.3 Å². The highest BCUT2D eigenvalue weighted by Gasteiger charge is 2.70. The summed E-state index contributed by atoms with van der Waals surface area (Å²) in [6, 6.07) is 0. The average Bonchev–Trinajstić information content (AvgIpc) is 2.39. The molecule has 0 bridgehead atoms. The van der Waals surface area contributed by atoms with E-state index >= 15 is 0 Å². The quantitative estimate of drug-likeness (QED) is 0.645. The summed E-state index contributed by atoms with van der Waals surface area (Å²) in [6.07, 6.45) is 0.345. The molecule has 1 fully saturated rings. The topological polar surface area (TPSA) is 54.4 Å². The van der Waals surface area contributed by atoms with E-state index in [1.807, 2.05) is 0 Å². The molecule has 1 aliphatic carbocycles. The Kier molecular flexibility index (Phi) is 1.53. The Balaban J connectivity index is 2.87. The number of carbonyl (C=O) groups is 2. The van der Waals surface area contributed by atoms with Crippen molar-refractivity contribution in [2.75, 3.05) is 0 Å². The van der Waals surface area contributed by atoms with Crippen molar-refractivity contribution in [3.05, 3.63) is 0 Å². The summed E-state index contributed by atoms with van der Waals surface area (Å²) >= 11 is 5.24. The first-order valence-corrected chi connectivity index (χ1v) is 3.66. The fraction of sp³-hybridized carbons (Fsp3) is 0.714. The number of halogens is 1. The van der Waals surface area contributed by atoms with Crippen LogP contribution in [0.15, 0.2) is 0 Å². The molecule has 0 aromatic carbocycles. The van der Waals surface area contributed by atoms with E-state index in [9.17, 15) is 9.59 Å². The van der Waals surface area contributed by atoms with Gasteiger partial charge in [0, 0.05) is 0 Å². The molecule has 0 amide bonds. The van der Waals surface area contributed by atoms with Crippen LogP contribution in [0.5, 0.6) is 0 Å². The molecule has 3 nitrogen and oxygen atoms in total. The smallest absolute Gasteiger partial charge is 0.310 e. The molecule has 1 N–H and O–H groups in total. The van der Waals surface area contributed by atoms with Crippen molar-refractivity contribution < 1.29 is 14.7 Å². The Morgan fingerprint density at radius 3 is 1.91 bits per heavy atom. The van der Waals surface area contributed by atoms with Gasteiger partial charge in [0.15, 0.2) is 0 Å². The third kappa shape index (κ3) is 0.872. The van der Waals surface area contributed by atoms with Crippen molar-refractivity contribution in [1.82, 2.24) is 0 Å². The van der Waals surface area contributed by atoms with E-state index < -0.39 is 22.0 Å². The van der Waals surface area contributed by atoms with E-state index in [0.717, 1.165) is 0 Å². The lowest BCUT2D eigenvalue weighted by Crippen LogP contribution is -2.22. The summed E-state index contributed by atoms with van der Waals surface area (Å²) in [5, 5.41) is 8.13. The minimum absolute atomic E-state index is 0.345. The van der Waals surface area contributed by atoms with Crippen LogP contribution in [0, 0.1) is 10.8 Å². The van der Waals surface area contributed by atoms with Crippen molar-refractivity contribution in [2.45, 2.75) is 20.3 Å². The lowest BCUT2D eigenvalue weighted by Gasteiger charge is -2.08. The van der Waals surface area contributed by atoms with Gasteiger partial charge in [-0.25, -0.2) is 0 Å². The van der Waals surface area contributed by atoms with Crippen LogP contribution in [0.3, 0.4) is 0 Å². The second kappa shape index (κ2) is 1.97. The average molecular weight is 177 g/mol. The molecule has 1 saturated carbocycles. The van der Waals surface area contributed by atoms with Gasteiger partial charge in [-0.05, 0) is 24.9 Å². The number of carboxylic acid groups (broad SMARTS) is 1. The van der Waals surface area contributed by atoms with E-state index in [1.165, 1.54) is 6.92 Å². The van der Waals surface area contributed by atoms with E-state index in [0.29, 0.717) is 6.42 Å². The fourth-order valence-electron chi connectivity index (χ4n) is 1.26. The Bertz CT molecular complexity index is 214. The van der Waals surface area contributed by atoms with Gasteiger partial charge < -0.3 is 5.11 Å². The predicted octanol–water partition coefficient (Wildman–Crippen LogP) is 1.25. The van der Waals surface area contributed by atoms with Gasteiger partial charge in [0.05, 0.1) is 10.8 Å². The first kappa shape index (κ1) is 8.53. The second-order valence-corrected chi connectivity index (χ2v) is 3.76. The summed E-state index contributed by atoms with van der Waals surface area (Å²) in [6.45, 7) is 3.12. The highest BCUT2D eigenvalue weighted by Crippen LogP contribution is 2.64. The summed E-state index contributed by atoms with van der Waals surface area (Å²) in [7, 11) is 0. The molecule has 2 atom stereocenters. The molecule has 0 saturated heterocycles. The van der Waals surface area contributed by atoms with Crippen molar-refractivity contribution in [1.29, 1.82) is 0 Å². The van der Waals surface area contributed by atoms with E-state index in [2.05, 4.69) is 0 Å². The SMILES string of the molecule is C[C@@]1(C(=O)O)C[C@@]1(C)C(=O)Cl. The summed E-state index contributed by atoms with van der Waals surface area (Å²) in [5.74, 6) is -0.950. The van der Waals surface area contributed by atoms with Crippen molar-refractivity contribution in [3.63, 3.8) is 0 Å². The zero-order chi connectivity index (χ0) is 8.86. The molecule has 0 spiro atoms.